The van der Waals surface area contributed by atoms with Crippen molar-refractivity contribution in [3.63, 3.8) is 0 Å². The fourth-order valence-electron chi connectivity index (χ4n) is 3.75. The van der Waals surface area contributed by atoms with E-state index in [1.165, 1.54) is 25.3 Å². The Morgan fingerprint density at radius 2 is 1.84 bits per heavy atom. The summed E-state index contributed by atoms with van der Waals surface area (Å²) < 4.78 is 45.9. The lowest BCUT2D eigenvalue weighted by molar-refractivity contribution is -0.137. The number of carbonyl (C=O) groups excluding carboxylic acids is 2. The lowest BCUT2D eigenvalue weighted by atomic mass is 9.91. The van der Waals surface area contributed by atoms with Crippen LogP contribution < -0.4 is 10.5 Å². The first kappa shape index (κ1) is 22.7. The molecule has 0 radical (unpaired) electrons. The molecule has 1 saturated carbocycles. The van der Waals surface area contributed by atoms with Crippen molar-refractivity contribution in [1.82, 2.24) is 4.90 Å². The minimum Gasteiger partial charge on any atom is -0.496 e. The van der Waals surface area contributed by atoms with Crippen molar-refractivity contribution >= 4 is 11.8 Å². The van der Waals surface area contributed by atoms with Gasteiger partial charge in [-0.1, -0.05) is 6.07 Å². The molecule has 3 rings (SSSR count). The highest BCUT2D eigenvalue weighted by atomic mass is 19.4. The van der Waals surface area contributed by atoms with Crippen molar-refractivity contribution in [3.05, 3.63) is 53.1 Å². The van der Waals surface area contributed by atoms with E-state index in [4.69, 9.17) is 10.5 Å². The second-order valence-corrected chi connectivity index (χ2v) is 7.65. The molecule has 1 atom stereocenters. The van der Waals surface area contributed by atoms with Crippen LogP contribution in [0.15, 0.2) is 36.4 Å². The van der Waals surface area contributed by atoms with E-state index in [1.54, 1.807) is 24.8 Å². The van der Waals surface area contributed by atoms with Crippen LogP contribution >= 0.6 is 0 Å². The van der Waals surface area contributed by atoms with Crippen molar-refractivity contribution in [3.8, 4) is 16.9 Å². The van der Waals surface area contributed by atoms with E-state index < -0.39 is 23.7 Å². The van der Waals surface area contributed by atoms with Gasteiger partial charge in [0.15, 0.2) is 0 Å². The number of ether oxygens (including phenoxy) is 1. The lowest BCUT2D eigenvalue weighted by Crippen LogP contribution is -2.34. The molecule has 1 unspecified atom stereocenters. The summed E-state index contributed by atoms with van der Waals surface area (Å²) in [6, 6.07) is 7.34. The van der Waals surface area contributed by atoms with Crippen LogP contribution in [0, 0.1) is 5.92 Å². The Kier molecular flexibility index (Phi) is 6.29. The Balaban J connectivity index is 2.20. The first-order valence-corrected chi connectivity index (χ1v) is 10.1. The van der Waals surface area contributed by atoms with Gasteiger partial charge in [-0.25, -0.2) is 0 Å². The number of primary amides is 1. The predicted octanol–water partition coefficient (Wildman–Crippen LogP) is 4.80. The lowest BCUT2D eigenvalue weighted by Gasteiger charge is -2.31. The molecule has 1 aliphatic carbocycles. The number of amides is 2. The highest BCUT2D eigenvalue weighted by molar-refractivity contribution is 5.95. The standard InChI is InChI=1S/C23H25F3N2O3/c1-4-28(22(30)14-5-6-14)13(2)18-12-16(23(24,25)26)8-9-17(18)19-11-15(21(27)29)7-10-20(19)31-3/h7-14H,4-6H2,1-3H3,(H2,27,29). The van der Waals surface area contributed by atoms with Crippen molar-refractivity contribution in [2.24, 2.45) is 11.7 Å². The predicted molar refractivity (Wildman–Crippen MR) is 110 cm³/mol. The van der Waals surface area contributed by atoms with Gasteiger partial charge in [0.25, 0.3) is 0 Å². The smallest absolute Gasteiger partial charge is 0.416 e. The molecule has 0 aliphatic heterocycles. The molecular formula is C23H25F3N2O3. The normalized spacial score (nSPS) is 14.8. The van der Waals surface area contributed by atoms with Crippen LogP contribution in [0.25, 0.3) is 11.1 Å². The van der Waals surface area contributed by atoms with Crippen LogP contribution in [0.4, 0.5) is 13.2 Å². The van der Waals surface area contributed by atoms with Crippen LogP contribution in [0.5, 0.6) is 5.75 Å². The molecule has 5 nitrogen and oxygen atoms in total. The minimum absolute atomic E-state index is 0.0591. The summed E-state index contributed by atoms with van der Waals surface area (Å²) in [5, 5.41) is 0. The molecule has 1 fully saturated rings. The van der Waals surface area contributed by atoms with Gasteiger partial charge in [-0.05, 0) is 68.1 Å². The third kappa shape index (κ3) is 4.68. The summed E-state index contributed by atoms with van der Waals surface area (Å²) in [6.45, 7) is 3.89. The van der Waals surface area contributed by atoms with E-state index in [1.807, 2.05) is 0 Å². The summed E-state index contributed by atoms with van der Waals surface area (Å²) >= 11 is 0. The largest absolute Gasteiger partial charge is 0.496 e. The zero-order valence-corrected chi connectivity index (χ0v) is 17.6. The molecule has 2 aromatic rings. The SMILES string of the molecule is CCN(C(=O)C1CC1)C(C)c1cc(C(F)(F)F)ccc1-c1cc(C(N)=O)ccc1OC. The topological polar surface area (TPSA) is 72.6 Å². The van der Waals surface area contributed by atoms with Gasteiger partial charge >= 0.3 is 6.18 Å². The number of nitrogens with two attached hydrogens (primary N) is 1. The highest BCUT2D eigenvalue weighted by Crippen LogP contribution is 2.42. The third-order valence-corrected chi connectivity index (χ3v) is 5.62. The fourth-order valence-corrected chi connectivity index (χ4v) is 3.75. The Bertz CT molecular complexity index is 1000. The number of hydrogen-bond acceptors (Lipinski definition) is 3. The minimum atomic E-state index is -4.54. The van der Waals surface area contributed by atoms with Gasteiger partial charge in [0, 0.05) is 23.6 Å². The number of carbonyl (C=O) groups is 2. The Morgan fingerprint density at radius 1 is 1.16 bits per heavy atom. The zero-order chi connectivity index (χ0) is 22.9. The van der Waals surface area contributed by atoms with E-state index in [9.17, 15) is 22.8 Å². The number of hydrogen-bond donors (Lipinski definition) is 1. The molecule has 8 heteroatoms. The second kappa shape index (κ2) is 8.61. The summed E-state index contributed by atoms with van der Waals surface area (Å²) in [7, 11) is 1.44. The molecule has 2 N–H and O–H groups in total. The molecule has 31 heavy (non-hydrogen) atoms. The number of rotatable bonds is 7. The van der Waals surface area contributed by atoms with Gasteiger partial charge in [-0.3, -0.25) is 9.59 Å². The quantitative estimate of drug-likeness (QED) is 0.680. The number of methoxy groups -OCH3 is 1. The molecule has 2 aromatic carbocycles. The van der Waals surface area contributed by atoms with Crippen molar-refractivity contribution in [1.29, 1.82) is 0 Å². The van der Waals surface area contributed by atoms with Gasteiger partial charge in [-0.15, -0.1) is 0 Å². The van der Waals surface area contributed by atoms with E-state index in [0.29, 0.717) is 29.0 Å². The number of alkyl halides is 3. The maximum atomic E-state index is 13.5. The summed E-state index contributed by atoms with van der Waals surface area (Å²) in [6.07, 6.45) is -2.94. The van der Waals surface area contributed by atoms with Crippen LogP contribution in [0.3, 0.4) is 0 Å². The molecule has 166 valence electrons. The van der Waals surface area contributed by atoms with Crippen molar-refractivity contribution < 1.29 is 27.5 Å². The molecule has 0 aromatic heterocycles. The van der Waals surface area contributed by atoms with E-state index in [-0.39, 0.29) is 17.4 Å². The Morgan fingerprint density at radius 3 is 2.35 bits per heavy atom. The van der Waals surface area contributed by atoms with Gasteiger partial charge in [0.05, 0.1) is 18.7 Å². The monoisotopic (exact) mass is 434 g/mol. The summed E-state index contributed by atoms with van der Waals surface area (Å²) in [5.41, 5.74) is 6.00. The molecular weight excluding hydrogens is 409 g/mol. The number of benzene rings is 2. The van der Waals surface area contributed by atoms with Gasteiger partial charge in [-0.2, -0.15) is 13.2 Å². The molecule has 0 saturated heterocycles. The summed E-state index contributed by atoms with van der Waals surface area (Å²) in [5.74, 6) is -0.403. The van der Waals surface area contributed by atoms with Crippen LogP contribution in [-0.2, 0) is 11.0 Å². The second-order valence-electron chi connectivity index (χ2n) is 7.65. The van der Waals surface area contributed by atoms with E-state index in [0.717, 1.165) is 25.0 Å². The number of halogens is 3. The Hall–Kier alpha value is -3.03. The van der Waals surface area contributed by atoms with Crippen LogP contribution in [0.1, 0.15) is 54.2 Å². The third-order valence-electron chi connectivity index (χ3n) is 5.62. The van der Waals surface area contributed by atoms with Gasteiger partial charge in [0.1, 0.15) is 5.75 Å². The first-order chi connectivity index (χ1) is 14.6. The average molecular weight is 434 g/mol. The average Bonchev–Trinajstić information content (AvgIpc) is 3.57. The first-order valence-electron chi connectivity index (χ1n) is 10.1. The molecule has 0 heterocycles. The Labute approximate surface area is 179 Å². The maximum absolute atomic E-state index is 13.5. The maximum Gasteiger partial charge on any atom is 0.416 e. The molecule has 0 bridgehead atoms. The molecule has 1 aliphatic rings. The molecule has 0 spiro atoms. The van der Waals surface area contributed by atoms with Gasteiger partial charge in [0.2, 0.25) is 11.8 Å². The fraction of sp³-hybridized carbons (Fsp3) is 0.391. The number of nitrogens with zero attached hydrogens (tertiary/aromatic N) is 1. The summed E-state index contributed by atoms with van der Waals surface area (Å²) in [4.78, 5) is 26.1. The van der Waals surface area contributed by atoms with E-state index in [2.05, 4.69) is 0 Å². The van der Waals surface area contributed by atoms with Gasteiger partial charge < -0.3 is 15.4 Å². The molecule has 2 amide bonds. The van der Waals surface area contributed by atoms with E-state index >= 15 is 0 Å². The van der Waals surface area contributed by atoms with Crippen LogP contribution in [0.2, 0.25) is 0 Å². The van der Waals surface area contributed by atoms with Crippen molar-refractivity contribution in [2.75, 3.05) is 13.7 Å². The zero-order valence-electron chi connectivity index (χ0n) is 17.6. The highest BCUT2D eigenvalue weighted by Gasteiger charge is 2.37. The van der Waals surface area contributed by atoms with Crippen LogP contribution in [-0.4, -0.2) is 30.4 Å². The van der Waals surface area contributed by atoms with Crippen molar-refractivity contribution in [2.45, 2.75) is 38.9 Å².